The van der Waals surface area contributed by atoms with E-state index in [1.807, 2.05) is 13.8 Å². The van der Waals surface area contributed by atoms with Gasteiger partial charge >= 0.3 is 0 Å². The summed E-state index contributed by atoms with van der Waals surface area (Å²) in [5.74, 6) is -0.253. The minimum Gasteiger partial charge on any atom is -0.319 e. The lowest BCUT2D eigenvalue weighted by molar-refractivity contribution is -0.383. The van der Waals surface area contributed by atoms with Crippen molar-refractivity contribution in [2.24, 2.45) is 10.8 Å². The summed E-state index contributed by atoms with van der Waals surface area (Å²) in [4.78, 5) is 26.6. The van der Waals surface area contributed by atoms with Crippen LogP contribution in [0.3, 0.4) is 0 Å². The van der Waals surface area contributed by atoms with Crippen molar-refractivity contribution in [3.05, 3.63) is 34.4 Å². The van der Waals surface area contributed by atoms with Gasteiger partial charge in [-0.25, -0.2) is 0 Å². The van der Waals surface area contributed by atoms with E-state index in [9.17, 15) is 14.9 Å². The second kappa shape index (κ2) is 6.28. The molecule has 1 amide bonds. The lowest BCUT2D eigenvalue weighted by Crippen LogP contribution is -2.65. The number of anilines is 1. The Bertz CT molecular complexity index is 781. The number of hydrogen-bond donors (Lipinski definition) is 1. The number of likely N-dealkylation sites (tertiary alicyclic amines) is 1. The van der Waals surface area contributed by atoms with Crippen LogP contribution in [-0.2, 0) is 4.79 Å². The number of para-hydroxylation sites is 2. The third kappa shape index (κ3) is 2.76. The van der Waals surface area contributed by atoms with Gasteiger partial charge in [-0.15, -0.1) is 0 Å². The SMILES string of the molecule is CC(C)(C(=O)Nc1ccccc1[N+](=O)[O-])N1C(C)(C)C(C)(C)C(C)(C)C1(C)C. The molecule has 0 spiro atoms. The summed E-state index contributed by atoms with van der Waals surface area (Å²) in [5, 5.41) is 14.1. The first kappa shape index (κ1) is 22.3. The van der Waals surface area contributed by atoms with Crippen LogP contribution in [0.4, 0.5) is 11.4 Å². The van der Waals surface area contributed by atoms with E-state index in [1.165, 1.54) is 6.07 Å². The molecule has 0 unspecified atom stereocenters. The Hall–Kier alpha value is -1.95. The van der Waals surface area contributed by atoms with Crippen molar-refractivity contribution in [3.63, 3.8) is 0 Å². The maximum atomic E-state index is 13.4. The summed E-state index contributed by atoms with van der Waals surface area (Å²) in [6, 6.07) is 6.25. The predicted molar refractivity (Wildman–Crippen MR) is 113 cm³/mol. The topological polar surface area (TPSA) is 75.5 Å². The lowest BCUT2D eigenvalue weighted by atomic mass is 9.57. The molecule has 6 heteroatoms. The van der Waals surface area contributed by atoms with Crippen molar-refractivity contribution in [3.8, 4) is 0 Å². The van der Waals surface area contributed by atoms with Crippen LogP contribution in [0.25, 0.3) is 0 Å². The summed E-state index contributed by atoms with van der Waals surface area (Å²) in [6.45, 7) is 21.6. The maximum Gasteiger partial charge on any atom is 0.292 e. The first-order chi connectivity index (χ1) is 12.4. The molecule has 0 aliphatic carbocycles. The quantitative estimate of drug-likeness (QED) is 0.564. The van der Waals surface area contributed by atoms with Crippen molar-refractivity contribution >= 4 is 17.3 Å². The first-order valence-corrected chi connectivity index (χ1v) is 9.79. The smallest absolute Gasteiger partial charge is 0.292 e. The molecule has 1 aromatic carbocycles. The van der Waals surface area contributed by atoms with E-state index >= 15 is 0 Å². The maximum absolute atomic E-state index is 13.4. The molecule has 1 fully saturated rings. The van der Waals surface area contributed by atoms with E-state index in [-0.39, 0.29) is 39.2 Å². The molecule has 0 saturated carbocycles. The van der Waals surface area contributed by atoms with E-state index in [1.54, 1.807) is 18.2 Å². The number of nitrogens with one attached hydrogen (secondary N) is 1. The molecule has 1 saturated heterocycles. The third-order valence-electron chi connectivity index (χ3n) is 8.20. The van der Waals surface area contributed by atoms with Crippen LogP contribution in [0.5, 0.6) is 0 Å². The number of carbonyl (C=O) groups excluding carboxylic acids is 1. The van der Waals surface area contributed by atoms with Crippen LogP contribution in [0.15, 0.2) is 24.3 Å². The number of nitro groups is 1. The number of nitro benzene ring substituents is 1. The minimum absolute atomic E-state index is 0.0835. The normalized spacial score (nSPS) is 22.6. The summed E-state index contributed by atoms with van der Waals surface area (Å²) in [7, 11) is 0. The number of amides is 1. The number of benzene rings is 1. The molecule has 1 N–H and O–H groups in total. The highest BCUT2D eigenvalue weighted by atomic mass is 16.6. The second-order valence-corrected chi connectivity index (χ2v) is 10.5. The van der Waals surface area contributed by atoms with E-state index in [0.29, 0.717) is 0 Å². The standard InChI is InChI=1S/C22H35N3O3/c1-18(2,17(26)23-15-13-11-12-14-16(15)24(27)28)25-21(7,8)19(3,4)20(5,6)22(25,9)10/h11-14H,1-10H3,(H,23,26). The van der Waals surface area contributed by atoms with Gasteiger partial charge in [0.15, 0.2) is 0 Å². The molecular formula is C22H35N3O3. The highest BCUT2D eigenvalue weighted by Crippen LogP contribution is 2.65. The van der Waals surface area contributed by atoms with Gasteiger partial charge in [0.2, 0.25) is 5.91 Å². The van der Waals surface area contributed by atoms with Crippen LogP contribution in [0, 0.1) is 20.9 Å². The van der Waals surface area contributed by atoms with Gasteiger partial charge in [0.1, 0.15) is 5.69 Å². The Morgan fingerprint density at radius 2 is 1.39 bits per heavy atom. The van der Waals surface area contributed by atoms with Crippen LogP contribution >= 0.6 is 0 Å². The van der Waals surface area contributed by atoms with E-state index < -0.39 is 10.5 Å². The van der Waals surface area contributed by atoms with E-state index in [4.69, 9.17) is 0 Å². The van der Waals surface area contributed by atoms with Gasteiger partial charge in [0.25, 0.3) is 5.69 Å². The summed E-state index contributed by atoms with van der Waals surface area (Å²) in [5.41, 5.74) is -1.51. The Kier molecular flexibility index (Phi) is 5.01. The number of carbonyl (C=O) groups is 1. The molecule has 1 aliphatic rings. The fraction of sp³-hybridized carbons (Fsp3) is 0.682. The summed E-state index contributed by atoms with van der Waals surface area (Å²) < 4.78 is 0. The van der Waals surface area contributed by atoms with Crippen molar-refractivity contribution in [2.45, 2.75) is 85.9 Å². The minimum atomic E-state index is -0.887. The zero-order valence-corrected chi connectivity index (χ0v) is 18.9. The summed E-state index contributed by atoms with van der Waals surface area (Å²) in [6.07, 6.45) is 0. The molecule has 1 aromatic rings. The largest absolute Gasteiger partial charge is 0.319 e. The predicted octanol–water partition coefficient (Wildman–Crippen LogP) is 5.24. The average molecular weight is 390 g/mol. The van der Waals surface area contributed by atoms with Crippen LogP contribution < -0.4 is 5.32 Å². The van der Waals surface area contributed by atoms with Crippen molar-refractivity contribution in [2.75, 3.05) is 5.32 Å². The first-order valence-electron chi connectivity index (χ1n) is 9.79. The second-order valence-electron chi connectivity index (χ2n) is 10.5. The lowest BCUT2D eigenvalue weighted by Gasteiger charge is -2.52. The third-order valence-corrected chi connectivity index (χ3v) is 8.20. The monoisotopic (exact) mass is 389 g/mol. The zero-order chi connectivity index (χ0) is 21.9. The van der Waals surface area contributed by atoms with Gasteiger partial charge in [0, 0.05) is 17.1 Å². The van der Waals surface area contributed by atoms with Gasteiger partial charge < -0.3 is 5.32 Å². The average Bonchev–Trinajstić information content (AvgIpc) is 2.60. The molecule has 2 rings (SSSR count). The molecule has 0 atom stereocenters. The number of rotatable bonds is 4. The van der Waals surface area contributed by atoms with Gasteiger partial charge in [-0.05, 0) is 58.4 Å². The van der Waals surface area contributed by atoms with Gasteiger partial charge in [-0.3, -0.25) is 19.8 Å². The Balaban J connectivity index is 2.52. The van der Waals surface area contributed by atoms with Crippen LogP contribution in [0.2, 0.25) is 0 Å². The molecule has 28 heavy (non-hydrogen) atoms. The fourth-order valence-corrected chi connectivity index (χ4v) is 5.30. The Morgan fingerprint density at radius 3 is 1.82 bits per heavy atom. The molecule has 6 nitrogen and oxygen atoms in total. The zero-order valence-electron chi connectivity index (χ0n) is 18.9. The van der Waals surface area contributed by atoms with Gasteiger partial charge in [-0.1, -0.05) is 39.8 Å². The van der Waals surface area contributed by atoms with Crippen molar-refractivity contribution < 1.29 is 9.72 Å². The Morgan fingerprint density at radius 1 is 0.964 bits per heavy atom. The summed E-state index contributed by atoms with van der Waals surface area (Å²) >= 11 is 0. The fourth-order valence-electron chi connectivity index (χ4n) is 5.30. The van der Waals surface area contributed by atoms with Gasteiger partial charge in [0.05, 0.1) is 10.5 Å². The van der Waals surface area contributed by atoms with Crippen LogP contribution in [0.1, 0.15) is 69.2 Å². The molecule has 156 valence electrons. The number of hydrogen-bond acceptors (Lipinski definition) is 4. The Labute approximate surface area is 168 Å². The molecular weight excluding hydrogens is 354 g/mol. The van der Waals surface area contributed by atoms with Crippen molar-refractivity contribution in [1.82, 2.24) is 4.90 Å². The van der Waals surface area contributed by atoms with Gasteiger partial charge in [-0.2, -0.15) is 0 Å². The number of nitrogens with zero attached hydrogens (tertiary/aromatic N) is 2. The highest BCUT2D eigenvalue weighted by Gasteiger charge is 2.70. The molecule has 0 bridgehead atoms. The molecule has 0 radical (unpaired) electrons. The van der Waals surface area contributed by atoms with Crippen LogP contribution in [-0.4, -0.2) is 32.3 Å². The highest BCUT2D eigenvalue weighted by molar-refractivity contribution is 5.99. The molecule has 1 aliphatic heterocycles. The molecule has 0 aromatic heterocycles. The van der Waals surface area contributed by atoms with Crippen molar-refractivity contribution in [1.29, 1.82) is 0 Å². The van der Waals surface area contributed by atoms with E-state index in [2.05, 4.69) is 65.6 Å². The molecule has 1 heterocycles. The van der Waals surface area contributed by atoms with E-state index in [0.717, 1.165) is 0 Å².